The van der Waals surface area contributed by atoms with Gasteiger partial charge in [0.2, 0.25) is 10.0 Å². The van der Waals surface area contributed by atoms with Gasteiger partial charge in [0, 0.05) is 35.6 Å². The van der Waals surface area contributed by atoms with Crippen LogP contribution in [0.2, 0.25) is 0 Å². The van der Waals surface area contributed by atoms with E-state index in [0.717, 1.165) is 41.1 Å². The van der Waals surface area contributed by atoms with Gasteiger partial charge in [-0.25, -0.2) is 17.7 Å². The van der Waals surface area contributed by atoms with E-state index in [2.05, 4.69) is 41.5 Å². The number of thiazole rings is 1. The molecule has 0 bridgehead atoms. The molecule has 0 radical (unpaired) electrons. The molecule has 1 amide bonds. The van der Waals surface area contributed by atoms with Crippen LogP contribution in [0.1, 0.15) is 60.1 Å². The van der Waals surface area contributed by atoms with Crippen LogP contribution >= 0.6 is 11.3 Å². The molecule has 1 N–H and O–H groups in total. The predicted molar refractivity (Wildman–Crippen MR) is 139 cm³/mol. The number of piperidine rings is 1. The van der Waals surface area contributed by atoms with Crippen LogP contribution in [0.15, 0.2) is 53.9 Å². The third-order valence-electron chi connectivity index (χ3n) is 6.26. The van der Waals surface area contributed by atoms with E-state index >= 15 is 0 Å². The van der Waals surface area contributed by atoms with Crippen molar-refractivity contribution in [3.8, 4) is 11.1 Å². The third-order valence-corrected chi connectivity index (χ3v) is 9.34. The number of aromatic nitrogens is 1. The Morgan fingerprint density at radius 1 is 1.09 bits per heavy atom. The van der Waals surface area contributed by atoms with Crippen LogP contribution in [0.25, 0.3) is 11.1 Å². The van der Waals surface area contributed by atoms with Gasteiger partial charge in [0.1, 0.15) is 5.69 Å². The number of hydrogen-bond acceptors (Lipinski definition) is 5. The van der Waals surface area contributed by atoms with Gasteiger partial charge in [-0.3, -0.25) is 4.79 Å². The highest BCUT2D eigenvalue weighted by Crippen LogP contribution is 2.32. The number of rotatable bonds is 8. The summed E-state index contributed by atoms with van der Waals surface area (Å²) in [5, 5.41) is 5.73. The summed E-state index contributed by atoms with van der Waals surface area (Å²) in [7, 11) is -3.16. The molecule has 4 rings (SSSR count). The van der Waals surface area contributed by atoms with Gasteiger partial charge in [0.05, 0.1) is 10.8 Å². The molecule has 3 aromatic rings. The molecule has 2 heterocycles. The fourth-order valence-electron chi connectivity index (χ4n) is 4.30. The van der Waals surface area contributed by atoms with Gasteiger partial charge in [-0.05, 0) is 42.9 Å². The van der Waals surface area contributed by atoms with E-state index in [1.807, 2.05) is 31.2 Å². The van der Waals surface area contributed by atoms with Gasteiger partial charge < -0.3 is 5.32 Å². The number of sulfonamides is 1. The van der Waals surface area contributed by atoms with Crippen LogP contribution in [0.4, 0.5) is 5.69 Å². The maximum Gasteiger partial charge on any atom is 0.275 e. The first-order valence-corrected chi connectivity index (χ1v) is 14.3. The van der Waals surface area contributed by atoms with Crippen molar-refractivity contribution >= 4 is 33.0 Å². The third kappa shape index (κ3) is 5.56. The largest absolute Gasteiger partial charge is 0.320 e. The molecule has 0 saturated carbocycles. The summed E-state index contributed by atoms with van der Waals surface area (Å²) in [6, 6.07) is 16.2. The maximum atomic E-state index is 13.0. The minimum absolute atomic E-state index is 0.184. The first-order valence-electron chi connectivity index (χ1n) is 11.8. The van der Waals surface area contributed by atoms with Crippen molar-refractivity contribution in [1.82, 2.24) is 9.29 Å². The van der Waals surface area contributed by atoms with Gasteiger partial charge in [0.25, 0.3) is 5.91 Å². The zero-order chi connectivity index (χ0) is 24.1. The van der Waals surface area contributed by atoms with E-state index in [9.17, 15) is 13.2 Å². The molecule has 1 fully saturated rings. The van der Waals surface area contributed by atoms with Crippen LogP contribution in [0.5, 0.6) is 0 Å². The number of carbonyl (C=O) groups excluding carboxylic acids is 1. The smallest absolute Gasteiger partial charge is 0.275 e. The highest BCUT2D eigenvalue weighted by Gasteiger charge is 2.29. The Labute approximate surface area is 206 Å². The highest BCUT2D eigenvalue weighted by atomic mass is 32.2. The molecule has 0 unspecified atom stereocenters. The average molecular weight is 498 g/mol. The Hall–Kier alpha value is -2.55. The summed E-state index contributed by atoms with van der Waals surface area (Å²) < 4.78 is 26.2. The zero-order valence-electron chi connectivity index (χ0n) is 19.7. The monoisotopic (exact) mass is 497 g/mol. The molecule has 0 aliphatic carbocycles. The predicted octanol–water partition coefficient (Wildman–Crippen LogP) is 5.54. The number of nitrogens with zero attached hydrogens (tertiary/aromatic N) is 2. The Bertz CT molecular complexity index is 1230. The standard InChI is InChI=1S/C26H31N3O3S2/c1-3-17-34(31,32)29-15-13-21(14-16-29)26-28-24(18-33-26)25(30)27-23-8-6-5-7-22(23)20-11-9-19(4-2)10-12-20/h5-12,18,21H,3-4,13-17H2,1-2H3,(H,27,30). The Morgan fingerprint density at radius 2 is 1.79 bits per heavy atom. The zero-order valence-corrected chi connectivity index (χ0v) is 21.3. The van der Waals surface area contributed by atoms with E-state index in [1.54, 1.807) is 9.69 Å². The van der Waals surface area contributed by atoms with Crippen molar-refractivity contribution in [2.24, 2.45) is 0 Å². The average Bonchev–Trinajstić information content (AvgIpc) is 3.35. The van der Waals surface area contributed by atoms with Gasteiger partial charge in [-0.15, -0.1) is 11.3 Å². The van der Waals surface area contributed by atoms with Crippen molar-refractivity contribution in [3.63, 3.8) is 0 Å². The molecule has 0 atom stereocenters. The lowest BCUT2D eigenvalue weighted by Gasteiger charge is -2.30. The molecule has 1 aromatic heterocycles. The lowest BCUT2D eigenvalue weighted by Crippen LogP contribution is -2.39. The number of anilines is 1. The van der Waals surface area contributed by atoms with Crippen molar-refractivity contribution in [2.45, 2.75) is 45.4 Å². The SMILES string of the molecule is CCCS(=O)(=O)N1CCC(c2nc(C(=O)Nc3ccccc3-c3ccc(CC)cc3)cs2)CC1. The van der Waals surface area contributed by atoms with Crippen molar-refractivity contribution in [3.05, 3.63) is 70.2 Å². The van der Waals surface area contributed by atoms with Crippen LogP contribution in [-0.4, -0.2) is 42.5 Å². The van der Waals surface area contributed by atoms with Crippen molar-refractivity contribution in [1.29, 1.82) is 0 Å². The van der Waals surface area contributed by atoms with Gasteiger partial charge in [-0.1, -0.05) is 56.3 Å². The normalized spacial score (nSPS) is 15.4. The van der Waals surface area contributed by atoms with Crippen LogP contribution in [0, 0.1) is 0 Å². The molecule has 1 saturated heterocycles. The Kier molecular flexibility index (Phi) is 7.80. The summed E-state index contributed by atoms with van der Waals surface area (Å²) in [6.45, 7) is 5.03. The molecule has 1 aliphatic heterocycles. The minimum Gasteiger partial charge on any atom is -0.320 e. The highest BCUT2D eigenvalue weighted by molar-refractivity contribution is 7.89. The molecule has 0 spiro atoms. The van der Waals surface area contributed by atoms with Crippen molar-refractivity contribution in [2.75, 3.05) is 24.2 Å². The summed E-state index contributed by atoms with van der Waals surface area (Å²) >= 11 is 1.48. The lowest BCUT2D eigenvalue weighted by atomic mass is 9.99. The lowest BCUT2D eigenvalue weighted by molar-refractivity contribution is 0.102. The van der Waals surface area contributed by atoms with E-state index in [4.69, 9.17) is 0 Å². The minimum atomic E-state index is -3.16. The number of amides is 1. The van der Waals surface area contributed by atoms with E-state index in [1.165, 1.54) is 16.9 Å². The van der Waals surface area contributed by atoms with Crippen LogP contribution in [0.3, 0.4) is 0 Å². The van der Waals surface area contributed by atoms with E-state index in [-0.39, 0.29) is 17.6 Å². The van der Waals surface area contributed by atoms with Crippen molar-refractivity contribution < 1.29 is 13.2 Å². The molecular weight excluding hydrogens is 466 g/mol. The fourth-order valence-corrected chi connectivity index (χ4v) is 6.81. The van der Waals surface area contributed by atoms with E-state index < -0.39 is 10.0 Å². The number of nitrogens with one attached hydrogen (secondary N) is 1. The maximum absolute atomic E-state index is 13.0. The number of aryl methyl sites for hydroxylation is 1. The molecule has 6 nitrogen and oxygen atoms in total. The first-order chi connectivity index (χ1) is 16.4. The quantitative estimate of drug-likeness (QED) is 0.443. The second kappa shape index (κ2) is 10.8. The van der Waals surface area contributed by atoms with Gasteiger partial charge in [0.15, 0.2) is 0 Å². The Morgan fingerprint density at radius 3 is 2.47 bits per heavy atom. The van der Waals surface area contributed by atoms with Gasteiger partial charge >= 0.3 is 0 Å². The summed E-state index contributed by atoms with van der Waals surface area (Å²) in [5.41, 5.74) is 4.44. The van der Waals surface area contributed by atoms with Crippen LogP contribution in [-0.2, 0) is 16.4 Å². The molecule has 8 heteroatoms. The molecule has 34 heavy (non-hydrogen) atoms. The Balaban J connectivity index is 1.43. The number of carbonyl (C=O) groups is 1. The van der Waals surface area contributed by atoms with Crippen LogP contribution < -0.4 is 5.32 Å². The first kappa shape index (κ1) is 24.6. The number of para-hydroxylation sites is 1. The fraction of sp³-hybridized carbons (Fsp3) is 0.385. The summed E-state index contributed by atoms with van der Waals surface area (Å²) in [5.74, 6) is 0.149. The summed E-state index contributed by atoms with van der Waals surface area (Å²) in [4.78, 5) is 17.6. The topological polar surface area (TPSA) is 79.4 Å². The van der Waals surface area contributed by atoms with E-state index in [0.29, 0.717) is 25.2 Å². The molecule has 1 aliphatic rings. The molecule has 180 valence electrons. The second-order valence-electron chi connectivity index (χ2n) is 8.61. The number of hydrogen-bond donors (Lipinski definition) is 1. The second-order valence-corrected chi connectivity index (χ2v) is 11.6. The summed E-state index contributed by atoms with van der Waals surface area (Å²) in [6.07, 6.45) is 3.07. The molecular formula is C26H31N3O3S2. The number of benzene rings is 2. The molecule has 2 aromatic carbocycles. The van der Waals surface area contributed by atoms with Gasteiger partial charge in [-0.2, -0.15) is 0 Å².